The average Bonchev–Trinajstić information content (AvgIpc) is 3.20. The highest BCUT2D eigenvalue weighted by Gasteiger charge is 2.37. The minimum atomic E-state index is -0.248. The first-order chi connectivity index (χ1) is 11.1. The van der Waals surface area contributed by atoms with E-state index in [2.05, 4.69) is 5.10 Å². The maximum atomic E-state index is 12.2. The number of ether oxygens (including phenoxy) is 1. The van der Waals surface area contributed by atoms with Gasteiger partial charge in [0.05, 0.1) is 17.9 Å². The van der Waals surface area contributed by atoms with Gasteiger partial charge in [-0.15, -0.1) is 0 Å². The first-order valence-corrected chi connectivity index (χ1v) is 8.10. The summed E-state index contributed by atoms with van der Waals surface area (Å²) in [6.07, 6.45) is 5.17. The van der Waals surface area contributed by atoms with Crippen molar-refractivity contribution >= 4 is 17.6 Å². The average molecular weight is 319 g/mol. The molecule has 0 radical (unpaired) electrons. The van der Waals surface area contributed by atoms with Crippen LogP contribution in [0.5, 0.6) is 0 Å². The molecule has 0 aliphatic carbocycles. The van der Waals surface area contributed by atoms with Crippen LogP contribution in [0.25, 0.3) is 0 Å². The lowest BCUT2D eigenvalue weighted by atomic mass is 10.1. The van der Waals surface area contributed by atoms with Crippen LogP contribution < -0.4 is 4.90 Å². The van der Waals surface area contributed by atoms with Crippen LogP contribution >= 0.6 is 0 Å². The number of anilines is 1. The molecule has 3 amide bonds. The number of rotatable bonds is 3. The fourth-order valence-electron chi connectivity index (χ4n) is 3.33. The Bertz CT molecular complexity index is 618. The molecule has 124 valence electrons. The molecule has 1 atom stereocenters. The first-order valence-electron chi connectivity index (χ1n) is 8.10. The number of carbonyl (C=O) groups is 2. The SMILES string of the molecule is CN1CCN(c2cnn(C3CN(C(=O)C4CCCO4)C3)c2)C1=O. The quantitative estimate of drug-likeness (QED) is 0.804. The summed E-state index contributed by atoms with van der Waals surface area (Å²) in [5.74, 6) is 0.0995. The van der Waals surface area contributed by atoms with Crippen LogP contribution in [-0.2, 0) is 9.53 Å². The third kappa shape index (κ3) is 2.46. The van der Waals surface area contributed by atoms with Gasteiger partial charge in [-0.05, 0) is 12.8 Å². The molecular weight excluding hydrogens is 298 g/mol. The summed E-state index contributed by atoms with van der Waals surface area (Å²) in [6.45, 7) is 3.43. The topological polar surface area (TPSA) is 70.9 Å². The molecule has 0 saturated carbocycles. The molecule has 0 bridgehead atoms. The lowest BCUT2D eigenvalue weighted by Crippen LogP contribution is -2.53. The molecule has 3 aliphatic heterocycles. The molecule has 3 saturated heterocycles. The van der Waals surface area contributed by atoms with E-state index in [1.54, 1.807) is 23.0 Å². The lowest BCUT2D eigenvalue weighted by Gasteiger charge is -2.40. The Balaban J connectivity index is 1.36. The van der Waals surface area contributed by atoms with Crippen LogP contribution in [0.4, 0.5) is 10.5 Å². The molecule has 0 aromatic carbocycles. The zero-order valence-electron chi connectivity index (χ0n) is 13.2. The van der Waals surface area contributed by atoms with E-state index >= 15 is 0 Å². The Hall–Kier alpha value is -2.09. The highest BCUT2D eigenvalue weighted by atomic mass is 16.5. The second-order valence-electron chi connectivity index (χ2n) is 6.43. The summed E-state index contributed by atoms with van der Waals surface area (Å²) in [4.78, 5) is 29.5. The third-order valence-corrected chi connectivity index (χ3v) is 4.87. The summed E-state index contributed by atoms with van der Waals surface area (Å²) in [7, 11) is 1.80. The largest absolute Gasteiger partial charge is 0.368 e. The van der Waals surface area contributed by atoms with E-state index in [1.807, 2.05) is 15.8 Å². The molecule has 3 aliphatic rings. The fraction of sp³-hybridized carbons (Fsp3) is 0.667. The van der Waals surface area contributed by atoms with Gasteiger partial charge < -0.3 is 14.5 Å². The molecule has 0 N–H and O–H groups in total. The molecule has 3 fully saturated rings. The Morgan fingerprint density at radius 3 is 2.83 bits per heavy atom. The van der Waals surface area contributed by atoms with E-state index < -0.39 is 0 Å². The van der Waals surface area contributed by atoms with Crippen LogP contribution in [0, 0.1) is 0 Å². The number of amides is 3. The Kier molecular flexibility index (Phi) is 3.48. The van der Waals surface area contributed by atoms with Crippen LogP contribution in [0.2, 0.25) is 0 Å². The van der Waals surface area contributed by atoms with Gasteiger partial charge in [0, 0.05) is 46.0 Å². The molecule has 0 spiro atoms. The van der Waals surface area contributed by atoms with Crippen LogP contribution in [0.1, 0.15) is 18.9 Å². The van der Waals surface area contributed by atoms with E-state index in [9.17, 15) is 9.59 Å². The minimum Gasteiger partial charge on any atom is -0.368 e. The summed E-state index contributed by atoms with van der Waals surface area (Å²) in [5.41, 5.74) is 0.822. The number of hydrogen-bond donors (Lipinski definition) is 0. The Morgan fingerprint density at radius 2 is 2.17 bits per heavy atom. The Labute approximate surface area is 134 Å². The van der Waals surface area contributed by atoms with Gasteiger partial charge >= 0.3 is 6.03 Å². The number of likely N-dealkylation sites (tertiary alicyclic amines) is 1. The van der Waals surface area contributed by atoms with Crippen LogP contribution in [0.15, 0.2) is 12.4 Å². The lowest BCUT2D eigenvalue weighted by molar-refractivity contribution is -0.147. The van der Waals surface area contributed by atoms with Crippen molar-refractivity contribution in [2.24, 2.45) is 0 Å². The number of hydrogen-bond acceptors (Lipinski definition) is 4. The maximum Gasteiger partial charge on any atom is 0.324 e. The van der Waals surface area contributed by atoms with Crippen molar-refractivity contribution in [3.8, 4) is 0 Å². The van der Waals surface area contributed by atoms with Gasteiger partial charge in [0.25, 0.3) is 5.91 Å². The summed E-state index contributed by atoms with van der Waals surface area (Å²) >= 11 is 0. The molecule has 4 rings (SSSR count). The minimum absolute atomic E-state index is 0.00773. The van der Waals surface area contributed by atoms with Crippen molar-refractivity contribution in [3.05, 3.63) is 12.4 Å². The van der Waals surface area contributed by atoms with Gasteiger partial charge in [0.15, 0.2) is 0 Å². The molecule has 1 aromatic rings. The summed E-state index contributed by atoms with van der Waals surface area (Å²) < 4.78 is 7.30. The first kappa shape index (κ1) is 14.5. The van der Waals surface area contributed by atoms with Crippen molar-refractivity contribution in [1.82, 2.24) is 19.6 Å². The molecule has 23 heavy (non-hydrogen) atoms. The number of urea groups is 1. The second-order valence-corrected chi connectivity index (χ2v) is 6.43. The number of nitrogens with zero attached hydrogens (tertiary/aromatic N) is 5. The van der Waals surface area contributed by atoms with Gasteiger partial charge in [0.1, 0.15) is 6.10 Å². The number of aromatic nitrogens is 2. The highest BCUT2D eigenvalue weighted by Crippen LogP contribution is 2.27. The van der Waals surface area contributed by atoms with E-state index in [0.717, 1.165) is 25.1 Å². The predicted molar refractivity (Wildman–Crippen MR) is 82.2 cm³/mol. The van der Waals surface area contributed by atoms with Crippen molar-refractivity contribution in [3.63, 3.8) is 0 Å². The number of carbonyl (C=O) groups excluding carboxylic acids is 2. The van der Waals surface area contributed by atoms with Crippen molar-refractivity contribution in [2.45, 2.75) is 25.0 Å². The molecule has 8 nitrogen and oxygen atoms in total. The van der Waals surface area contributed by atoms with E-state index in [1.165, 1.54) is 0 Å². The zero-order chi connectivity index (χ0) is 16.0. The van der Waals surface area contributed by atoms with Crippen LogP contribution in [-0.4, -0.2) is 77.5 Å². The van der Waals surface area contributed by atoms with Crippen LogP contribution in [0.3, 0.4) is 0 Å². The molecule has 4 heterocycles. The fourth-order valence-corrected chi connectivity index (χ4v) is 3.33. The van der Waals surface area contributed by atoms with Gasteiger partial charge in [-0.25, -0.2) is 4.79 Å². The zero-order valence-corrected chi connectivity index (χ0v) is 13.2. The van der Waals surface area contributed by atoms with E-state index in [-0.39, 0.29) is 24.1 Å². The summed E-state index contributed by atoms with van der Waals surface area (Å²) in [6, 6.07) is 0.192. The molecule has 1 aromatic heterocycles. The van der Waals surface area contributed by atoms with Crippen molar-refractivity contribution in [1.29, 1.82) is 0 Å². The van der Waals surface area contributed by atoms with Crippen molar-refractivity contribution in [2.75, 3.05) is 44.7 Å². The Morgan fingerprint density at radius 1 is 1.35 bits per heavy atom. The maximum absolute atomic E-state index is 12.2. The van der Waals surface area contributed by atoms with Gasteiger partial charge in [-0.1, -0.05) is 0 Å². The molecular formula is C15H21N5O3. The highest BCUT2D eigenvalue weighted by molar-refractivity contribution is 5.93. The van der Waals surface area contributed by atoms with Gasteiger partial charge in [-0.2, -0.15) is 5.10 Å². The molecule has 8 heteroatoms. The van der Waals surface area contributed by atoms with Crippen molar-refractivity contribution < 1.29 is 14.3 Å². The van der Waals surface area contributed by atoms with E-state index in [0.29, 0.717) is 26.2 Å². The van der Waals surface area contributed by atoms with Gasteiger partial charge in [0.2, 0.25) is 0 Å². The normalized spacial score (nSPS) is 25.3. The van der Waals surface area contributed by atoms with Gasteiger partial charge in [-0.3, -0.25) is 14.4 Å². The standard InChI is InChI=1S/C15H21N5O3/c1-17-4-5-19(15(17)22)11-7-16-20(10-11)12-8-18(9-12)14(21)13-3-2-6-23-13/h7,10,12-13H,2-6,8-9H2,1H3. The second kappa shape index (κ2) is 5.52. The molecule has 1 unspecified atom stereocenters. The monoisotopic (exact) mass is 319 g/mol. The summed E-state index contributed by atoms with van der Waals surface area (Å²) in [5, 5.41) is 4.37. The number of likely N-dealkylation sites (N-methyl/N-ethyl adjacent to an activating group) is 1. The predicted octanol–water partition coefficient (Wildman–Crippen LogP) is 0.317. The third-order valence-electron chi connectivity index (χ3n) is 4.87. The van der Waals surface area contributed by atoms with E-state index in [4.69, 9.17) is 4.74 Å². The smallest absolute Gasteiger partial charge is 0.324 e.